The fourth-order valence-corrected chi connectivity index (χ4v) is 2.75. The number of aliphatic hydroxyl groups excluding tert-OH is 3. The second-order valence-electron chi connectivity index (χ2n) is 6.35. The van der Waals surface area contributed by atoms with Crippen LogP contribution >= 0.6 is 0 Å². The second kappa shape index (κ2) is 13.0. The predicted octanol–water partition coefficient (Wildman–Crippen LogP) is 1.64. The van der Waals surface area contributed by atoms with Crippen LogP contribution in [0.15, 0.2) is 9.98 Å². The lowest BCUT2D eigenvalue weighted by Crippen LogP contribution is -2.36. The van der Waals surface area contributed by atoms with Crippen molar-refractivity contribution >= 4 is 12.2 Å². The summed E-state index contributed by atoms with van der Waals surface area (Å²) in [6, 6.07) is 0. The van der Waals surface area contributed by atoms with E-state index in [-0.39, 0.29) is 6.61 Å². The molecule has 138 valence electrons. The molecule has 0 bridgehead atoms. The highest BCUT2D eigenvalue weighted by molar-refractivity contribution is 5.35. The van der Waals surface area contributed by atoms with Crippen LogP contribution in [0.4, 0.5) is 0 Å². The van der Waals surface area contributed by atoms with Gasteiger partial charge in [0.15, 0.2) is 0 Å². The summed E-state index contributed by atoms with van der Waals surface area (Å²) in [6.45, 7) is 1.02. The van der Waals surface area contributed by atoms with E-state index < -0.39 is 24.3 Å². The standard InChI is InChI=1S/C17H30N2O5/c1-2-3-4-5-8-16(11-20,18-14-23)9-6-7-10-17(12-21,13-22)19-15-24/h20-22H,2-13H2,1H3. The van der Waals surface area contributed by atoms with Gasteiger partial charge in [-0.15, -0.1) is 0 Å². The molecule has 0 saturated heterocycles. The summed E-state index contributed by atoms with van der Waals surface area (Å²) < 4.78 is 0. The van der Waals surface area contributed by atoms with Crippen LogP contribution in [0.3, 0.4) is 0 Å². The van der Waals surface area contributed by atoms with Crippen LogP contribution in [0, 0.1) is 0 Å². The normalized spacial score (nSPS) is 13.7. The molecule has 0 spiro atoms. The Labute approximate surface area is 143 Å². The zero-order valence-corrected chi connectivity index (χ0v) is 14.5. The Kier molecular flexibility index (Phi) is 12.3. The van der Waals surface area contributed by atoms with E-state index in [1.54, 1.807) is 6.08 Å². The van der Waals surface area contributed by atoms with Crippen LogP contribution in [-0.4, -0.2) is 58.4 Å². The first kappa shape index (κ1) is 22.6. The SMILES string of the molecule is CCCCCCC(CO)(CCCCC(CO)(CO)N=C=O)N=C=O. The lowest BCUT2D eigenvalue weighted by Gasteiger charge is -2.27. The highest BCUT2D eigenvalue weighted by atomic mass is 16.3. The summed E-state index contributed by atoms with van der Waals surface area (Å²) in [5.74, 6) is 0. The van der Waals surface area contributed by atoms with Gasteiger partial charge in [0.05, 0.1) is 25.4 Å². The molecule has 24 heavy (non-hydrogen) atoms. The number of aliphatic imine (C=N–C) groups is 2. The first-order chi connectivity index (χ1) is 11.6. The van der Waals surface area contributed by atoms with Gasteiger partial charge in [0.1, 0.15) is 5.54 Å². The summed E-state index contributed by atoms with van der Waals surface area (Å²) in [6.07, 6.45) is 9.69. The minimum Gasteiger partial charge on any atom is -0.394 e. The molecule has 0 aliphatic carbocycles. The van der Waals surface area contributed by atoms with Crippen molar-refractivity contribution in [3.8, 4) is 0 Å². The number of aliphatic hydroxyl groups is 3. The first-order valence-corrected chi connectivity index (χ1v) is 8.58. The molecule has 0 heterocycles. The van der Waals surface area contributed by atoms with Crippen LogP contribution in [0.1, 0.15) is 64.7 Å². The van der Waals surface area contributed by atoms with Crippen molar-refractivity contribution in [3.05, 3.63) is 0 Å². The molecule has 0 saturated carbocycles. The van der Waals surface area contributed by atoms with E-state index in [1.165, 1.54) is 6.08 Å². The number of nitrogens with zero attached hydrogens (tertiary/aromatic N) is 2. The van der Waals surface area contributed by atoms with Crippen LogP contribution < -0.4 is 0 Å². The van der Waals surface area contributed by atoms with Crippen molar-refractivity contribution in [2.75, 3.05) is 19.8 Å². The molecule has 0 rings (SSSR count). The third-order valence-corrected chi connectivity index (χ3v) is 4.48. The van der Waals surface area contributed by atoms with Crippen LogP contribution in [-0.2, 0) is 9.59 Å². The third kappa shape index (κ3) is 7.95. The molecule has 0 amide bonds. The van der Waals surface area contributed by atoms with E-state index in [0.29, 0.717) is 32.1 Å². The molecule has 7 heteroatoms. The molecule has 0 aliphatic rings. The number of carbonyl (C=O) groups excluding carboxylic acids is 2. The Hall–Kier alpha value is -1.36. The fraction of sp³-hybridized carbons (Fsp3) is 0.882. The first-order valence-electron chi connectivity index (χ1n) is 8.58. The number of hydrogen-bond acceptors (Lipinski definition) is 7. The quantitative estimate of drug-likeness (QED) is 0.237. The Morgan fingerprint density at radius 3 is 1.54 bits per heavy atom. The van der Waals surface area contributed by atoms with Crippen LogP contribution in [0.25, 0.3) is 0 Å². The lowest BCUT2D eigenvalue weighted by molar-refractivity contribution is 0.112. The average Bonchev–Trinajstić information content (AvgIpc) is 2.61. The maximum absolute atomic E-state index is 10.7. The van der Waals surface area contributed by atoms with Gasteiger partial charge in [0.2, 0.25) is 12.2 Å². The van der Waals surface area contributed by atoms with E-state index in [9.17, 15) is 24.9 Å². The highest BCUT2D eigenvalue weighted by Crippen LogP contribution is 2.28. The van der Waals surface area contributed by atoms with E-state index in [4.69, 9.17) is 0 Å². The molecule has 3 N–H and O–H groups in total. The zero-order valence-electron chi connectivity index (χ0n) is 14.5. The van der Waals surface area contributed by atoms with E-state index in [0.717, 1.165) is 25.7 Å². The Balaban J connectivity index is 4.60. The Bertz CT molecular complexity index is 427. The van der Waals surface area contributed by atoms with Gasteiger partial charge in [-0.2, -0.15) is 9.98 Å². The second-order valence-corrected chi connectivity index (χ2v) is 6.35. The number of unbranched alkanes of at least 4 members (excludes halogenated alkanes) is 4. The summed E-state index contributed by atoms with van der Waals surface area (Å²) in [4.78, 5) is 28.5. The van der Waals surface area contributed by atoms with Gasteiger partial charge in [-0.3, -0.25) is 0 Å². The van der Waals surface area contributed by atoms with Crippen molar-refractivity contribution in [2.45, 2.75) is 75.8 Å². The van der Waals surface area contributed by atoms with E-state index >= 15 is 0 Å². The molecule has 0 aromatic carbocycles. The number of rotatable bonds is 15. The van der Waals surface area contributed by atoms with Crippen LogP contribution in [0.5, 0.6) is 0 Å². The molecule has 1 atom stereocenters. The Morgan fingerprint density at radius 1 is 0.708 bits per heavy atom. The third-order valence-electron chi connectivity index (χ3n) is 4.48. The molecule has 7 nitrogen and oxygen atoms in total. The predicted molar refractivity (Wildman–Crippen MR) is 90.2 cm³/mol. The van der Waals surface area contributed by atoms with Crippen molar-refractivity contribution in [1.29, 1.82) is 0 Å². The summed E-state index contributed by atoms with van der Waals surface area (Å²) in [5, 5.41) is 28.3. The topological polar surface area (TPSA) is 120 Å². The van der Waals surface area contributed by atoms with Gasteiger partial charge in [0, 0.05) is 0 Å². The zero-order chi connectivity index (χ0) is 18.3. The molecule has 1 unspecified atom stereocenters. The minimum atomic E-state index is -1.21. The van der Waals surface area contributed by atoms with Gasteiger partial charge in [-0.25, -0.2) is 9.59 Å². The van der Waals surface area contributed by atoms with Gasteiger partial charge in [-0.1, -0.05) is 45.4 Å². The molecule has 0 aromatic heterocycles. The van der Waals surface area contributed by atoms with E-state index in [1.807, 2.05) is 0 Å². The molecule has 0 radical (unpaired) electrons. The largest absolute Gasteiger partial charge is 0.394 e. The Morgan fingerprint density at radius 2 is 1.12 bits per heavy atom. The summed E-state index contributed by atoms with van der Waals surface area (Å²) in [5.41, 5.74) is -2.02. The molecule has 0 fully saturated rings. The minimum absolute atomic E-state index is 0.216. The van der Waals surface area contributed by atoms with Gasteiger partial charge >= 0.3 is 0 Å². The van der Waals surface area contributed by atoms with Crippen LogP contribution in [0.2, 0.25) is 0 Å². The maximum atomic E-state index is 10.7. The smallest absolute Gasteiger partial charge is 0.235 e. The fourth-order valence-electron chi connectivity index (χ4n) is 2.75. The van der Waals surface area contributed by atoms with E-state index in [2.05, 4.69) is 16.9 Å². The van der Waals surface area contributed by atoms with Crippen molar-refractivity contribution < 1.29 is 24.9 Å². The van der Waals surface area contributed by atoms with Gasteiger partial charge < -0.3 is 15.3 Å². The van der Waals surface area contributed by atoms with Crippen molar-refractivity contribution in [2.24, 2.45) is 9.98 Å². The average molecular weight is 342 g/mol. The van der Waals surface area contributed by atoms with Crippen molar-refractivity contribution in [3.63, 3.8) is 0 Å². The molecular weight excluding hydrogens is 312 g/mol. The van der Waals surface area contributed by atoms with Crippen molar-refractivity contribution in [1.82, 2.24) is 0 Å². The summed E-state index contributed by atoms with van der Waals surface area (Å²) >= 11 is 0. The monoisotopic (exact) mass is 342 g/mol. The van der Waals surface area contributed by atoms with Gasteiger partial charge in [0.25, 0.3) is 0 Å². The summed E-state index contributed by atoms with van der Waals surface area (Å²) in [7, 11) is 0. The maximum Gasteiger partial charge on any atom is 0.235 e. The number of isocyanates is 2. The lowest BCUT2D eigenvalue weighted by atomic mass is 9.86. The van der Waals surface area contributed by atoms with Gasteiger partial charge in [-0.05, 0) is 19.3 Å². The molecule has 0 aliphatic heterocycles. The number of hydrogen-bond donors (Lipinski definition) is 3. The highest BCUT2D eigenvalue weighted by Gasteiger charge is 2.30. The molecular formula is C17H30N2O5. The molecule has 0 aromatic rings.